The van der Waals surface area contributed by atoms with Crippen LogP contribution in [0.2, 0.25) is 0 Å². The molecule has 7 heteroatoms. The van der Waals surface area contributed by atoms with Crippen molar-refractivity contribution < 1.29 is 18.7 Å². The summed E-state index contributed by atoms with van der Waals surface area (Å²) in [6.07, 6.45) is 0.233. The van der Waals surface area contributed by atoms with Crippen LogP contribution in [0.15, 0.2) is 48.5 Å². The fourth-order valence-electron chi connectivity index (χ4n) is 2.55. The Morgan fingerprint density at radius 1 is 1.15 bits per heavy atom. The summed E-state index contributed by atoms with van der Waals surface area (Å²) in [5, 5.41) is 2.53. The molecule has 0 spiro atoms. The molecule has 27 heavy (non-hydrogen) atoms. The summed E-state index contributed by atoms with van der Waals surface area (Å²) >= 11 is 3.83. The van der Waals surface area contributed by atoms with Crippen LogP contribution < -0.4 is 5.32 Å². The first-order valence-corrected chi connectivity index (χ1v) is 10.7. The van der Waals surface area contributed by atoms with E-state index in [2.05, 4.69) is 5.32 Å². The van der Waals surface area contributed by atoms with Crippen LogP contribution in [-0.4, -0.2) is 29.5 Å². The van der Waals surface area contributed by atoms with Crippen molar-refractivity contribution in [1.29, 1.82) is 0 Å². The highest BCUT2D eigenvalue weighted by molar-refractivity contribution is 8.16. The molecule has 2 aromatic carbocycles. The fraction of sp³-hybridized carbons (Fsp3) is 0.300. The van der Waals surface area contributed by atoms with Gasteiger partial charge in [-0.05, 0) is 60.7 Å². The number of halogens is 1. The Morgan fingerprint density at radius 2 is 1.85 bits per heavy atom. The fourth-order valence-corrected chi connectivity index (χ4v) is 5.44. The van der Waals surface area contributed by atoms with E-state index in [1.165, 1.54) is 37.1 Å². The molecule has 0 unspecified atom stereocenters. The van der Waals surface area contributed by atoms with Gasteiger partial charge in [0.15, 0.2) is 6.10 Å². The SMILES string of the molecule is C[C@H](OC(=O)c1ccc(C2SCCCS2)cc1)C(=O)Nc1cccc(F)c1. The zero-order valence-electron chi connectivity index (χ0n) is 14.8. The van der Waals surface area contributed by atoms with E-state index in [0.29, 0.717) is 15.8 Å². The van der Waals surface area contributed by atoms with Crippen molar-refractivity contribution in [3.8, 4) is 0 Å². The van der Waals surface area contributed by atoms with Crippen molar-refractivity contribution in [3.05, 3.63) is 65.5 Å². The van der Waals surface area contributed by atoms with Gasteiger partial charge in [-0.15, -0.1) is 23.5 Å². The summed E-state index contributed by atoms with van der Waals surface area (Å²) < 4.78 is 18.8. The molecule has 0 bridgehead atoms. The minimum atomic E-state index is -0.995. The number of carbonyl (C=O) groups excluding carboxylic acids is 2. The van der Waals surface area contributed by atoms with Gasteiger partial charge < -0.3 is 10.1 Å². The summed E-state index contributed by atoms with van der Waals surface area (Å²) in [6.45, 7) is 1.48. The van der Waals surface area contributed by atoms with Crippen molar-refractivity contribution in [3.63, 3.8) is 0 Å². The molecule has 1 fully saturated rings. The number of carbonyl (C=O) groups is 2. The van der Waals surface area contributed by atoms with Gasteiger partial charge in [-0.3, -0.25) is 4.79 Å². The number of thioether (sulfide) groups is 2. The van der Waals surface area contributed by atoms with E-state index >= 15 is 0 Å². The molecule has 2 aromatic rings. The first-order valence-electron chi connectivity index (χ1n) is 8.63. The number of anilines is 1. The first-order chi connectivity index (χ1) is 13.0. The van der Waals surface area contributed by atoms with Crippen LogP contribution in [0.3, 0.4) is 0 Å². The summed E-state index contributed by atoms with van der Waals surface area (Å²) in [5.74, 6) is 0.776. The summed E-state index contributed by atoms with van der Waals surface area (Å²) in [5.41, 5.74) is 1.89. The van der Waals surface area contributed by atoms with Gasteiger partial charge in [0.25, 0.3) is 5.91 Å². The Balaban J connectivity index is 1.56. The van der Waals surface area contributed by atoms with Gasteiger partial charge in [-0.2, -0.15) is 0 Å². The molecular weight excluding hydrogens is 385 g/mol. The average Bonchev–Trinajstić information content (AvgIpc) is 2.68. The van der Waals surface area contributed by atoms with Gasteiger partial charge in [-0.25, -0.2) is 9.18 Å². The van der Waals surface area contributed by atoms with Crippen molar-refractivity contribution in [2.24, 2.45) is 0 Å². The molecule has 142 valence electrons. The smallest absolute Gasteiger partial charge is 0.338 e. The second-order valence-corrected chi connectivity index (χ2v) is 8.82. The standard InChI is InChI=1S/C20H20FNO3S2/c1-13(18(23)22-17-5-2-4-16(21)12-17)25-19(24)14-6-8-15(9-7-14)20-26-10-3-11-27-20/h2,4-9,12-13,20H,3,10-11H2,1H3,(H,22,23)/t13-/m0/s1. The Kier molecular flexibility index (Phi) is 6.79. The second kappa shape index (κ2) is 9.28. The lowest BCUT2D eigenvalue weighted by atomic mass is 10.1. The third kappa shape index (κ3) is 5.49. The van der Waals surface area contributed by atoms with Gasteiger partial charge in [0, 0.05) is 5.69 Å². The molecule has 1 N–H and O–H groups in total. The molecule has 0 saturated carbocycles. The van der Waals surface area contributed by atoms with Crippen LogP contribution in [-0.2, 0) is 9.53 Å². The summed E-state index contributed by atoms with van der Waals surface area (Å²) in [4.78, 5) is 24.4. The number of amides is 1. The van der Waals surface area contributed by atoms with Crippen LogP contribution in [0.25, 0.3) is 0 Å². The second-order valence-electron chi connectivity index (χ2n) is 6.10. The van der Waals surface area contributed by atoms with Crippen molar-refractivity contribution in [2.75, 3.05) is 16.8 Å². The first kappa shape index (κ1) is 19.8. The maximum atomic E-state index is 13.2. The van der Waals surface area contributed by atoms with E-state index in [9.17, 15) is 14.0 Å². The Hall–Kier alpha value is -1.99. The molecule has 3 rings (SSSR count). The minimum absolute atomic E-state index is 0.315. The zero-order chi connectivity index (χ0) is 19.2. The topological polar surface area (TPSA) is 55.4 Å². The summed E-state index contributed by atoms with van der Waals surface area (Å²) in [6, 6.07) is 12.9. The molecule has 1 atom stereocenters. The Morgan fingerprint density at radius 3 is 2.52 bits per heavy atom. The van der Waals surface area contributed by atoms with Crippen LogP contribution in [0, 0.1) is 5.82 Å². The quantitative estimate of drug-likeness (QED) is 0.719. The monoisotopic (exact) mass is 405 g/mol. The van der Waals surface area contributed by atoms with E-state index in [-0.39, 0.29) is 0 Å². The van der Waals surface area contributed by atoms with E-state index < -0.39 is 23.8 Å². The number of hydrogen-bond donors (Lipinski definition) is 1. The maximum Gasteiger partial charge on any atom is 0.338 e. The number of hydrogen-bond acceptors (Lipinski definition) is 5. The van der Waals surface area contributed by atoms with Crippen LogP contribution in [0.4, 0.5) is 10.1 Å². The highest BCUT2D eigenvalue weighted by Gasteiger charge is 2.20. The van der Waals surface area contributed by atoms with Gasteiger partial charge in [-0.1, -0.05) is 18.2 Å². The van der Waals surface area contributed by atoms with Gasteiger partial charge >= 0.3 is 5.97 Å². The van der Waals surface area contributed by atoms with Crippen molar-refractivity contribution >= 4 is 41.1 Å². The molecule has 0 radical (unpaired) electrons. The van der Waals surface area contributed by atoms with Crippen LogP contribution in [0.1, 0.15) is 33.8 Å². The highest BCUT2D eigenvalue weighted by Crippen LogP contribution is 2.43. The third-order valence-corrected chi connectivity index (χ3v) is 7.01. The van der Waals surface area contributed by atoms with E-state index in [1.807, 2.05) is 35.7 Å². The predicted octanol–water partition coefficient (Wildman–Crippen LogP) is 4.88. The lowest BCUT2D eigenvalue weighted by Gasteiger charge is -2.21. The van der Waals surface area contributed by atoms with E-state index in [0.717, 1.165) is 11.5 Å². The number of nitrogens with one attached hydrogen (secondary N) is 1. The van der Waals surface area contributed by atoms with Gasteiger partial charge in [0.05, 0.1) is 10.1 Å². The van der Waals surface area contributed by atoms with Gasteiger partial charge in [0.1, 0.15) is 5.82 Å². The maximum absolute atomic E-state index is 13.2. The minimum Gasteiger partial charge on any atom is -0.449 e. The molecule has 0 aromatic heterocycles. The Bertz CT molecular complexity index is 807. The number of esters is 1. The van der Waals surface area contributed by atoms with E-state index in [1.54, 1.807) is 18.2 Å². The van der Waals surface area contributed by atoms with E-state index in [4.69, 9.17) is 4.74 Å². The molecular formula is C20H20FNO3S2. The average molecular weight is 406 g/mol. The van der Waals surface area contributed by atoms with Crippen molar-refractivity contribution in [2.45, 2.75) is 24.0 Å². The largest absolute Gasteiger partial charge is 0.449 e. The van der Waals surface area contributed by atoms with Crippen LogP contribution in [0.5, 0.6) is 0 Å². The molecule has 4 nitrogen and oxygen atoms in total. The highest BCUT2D eigenvalue weighted by atomic mass is 32.2. The lowest BCUT2D eigenvalue weighted by Crippen LogP contribution is -2.30. The Labute approximate surface area is 166 Å². The number of ether oxygens (including phenoxy) is 1. The molecule has 0 aliphatic carbocycles. The van der Waals surface area contributed by atoms with Crippen molar-refractivity contribution in [1.82, 2.24) is 0 Å². The predicted molar refractivity (Wildman–Crippen MR) is 109 cm³/mol. The molecule has 1 amide bonds. The molecule has 1 heterocycles. The molecule has 1 saturated heterocycles. The normalized spacial score (nSPS) is 15.8. The molecule has 1 aliphatic heterocycles. The zero-order valence-corrected chi connectivity index (χ0v) is 16.4. The number of rotatable bonds is 5. The third-order valence-electron chi connectivity index (χ3n) is 3.99. The van der Waals surface area contributed by atoms with Crippen LogP contribution >= 0.6 is 23.5 Å². The van der Waals surface area contributed by atoms with Gasteiger partial charge in [0.2, 0.25) is 0 Å². The lowest BCUT2D eigenvalue weighted by molar-refractivity contribution is -0.123. The summed E-state index contributed by atoms with van der Waals surface area (Å²) in [7, 11) is 0. The molecule has 1 aliphatic rings. The number of benzene rings is 2.